The Kier molecular flexibility index (Phi) is 8.70. The van der Waals surface area contributed by atoms with Crippen molar-refractivity contribution in [2.45, 2.75) is 84.2 Å². The number of hydrogen-bond acceptors (Lipinski definition) is 2. The molecule has 1 aliphatic carbocycles. The summed E-state index contributed by atoms with van der Waals surface area (Å²) in [5, 5.41) is 7.40. The molecule has 0 radical (unpaired) electrons. The van der Waals surface area contributed by atoms with Crippen LogP contribution in [0.1, 0.15) is 72.1 Å². The molecule has 108 valence electrons. The van der Waals surface area contributed by atoms with Crippen LogP contribution in [0.2, 0.25) is 0 Å². The minimum Gasteiger partial charge on any atom is -0.314 e. The Morgan fingerprint density at radius 1 is 1.06 bits per heavy atom. The average molecular weight is 254 g/mol. The summed E-state index contributed by atoms with van der Waals surface area (Å²) in [6.45, 7) is 9.31. The fraction of sp³-hybridized carbons (Fsp3) is 1.00. The molecule has 1 rings (SSSR count). The lowest BCUT2D eigenvalue weighted by Crippen LogP contribution is -2.35. The normalized spacial score (nSPS) is 26.2. The highest BCUT2D eigenvalue weighted by Crippen LogP contribution is 2.23. The first-order valence-electron chi connectivity index (χ1n) is 8.23. The van der Waals surface area contributed by atoms with E-state index in [1.54, 1.807) is 0 Å². The molecule has 1 saturated carbocycles. The van der Waals surface area contributed by atoms with Gasteiger partial charge in [0.15, 0.2) is 0 Å². The van der Waals surface area contributed by atoms with Crippen LogP contribution in [0.5, 0.6) is 0 Å². The standard InChI is InChI=1S/C16H34N2/c1-4-7-15(5-2)17-12-6-13-18-16-10-8-14(3)9-11-16/h14-18H,4-13H2,1-3H3. The highest BCUT2D eigenvalue weighted by Gasteiger charge is 2.16. The molecule has 0 aromatic rings. The Morgan fingerprint density at radius 2 is 1.78 bits per heavy atom. The molecule has 0 aromatic heterocycles. The van der Waals surface area contributed by atoms with Crippen LogP contribution in [0, 0.1) is 5.92 Å². The third-order valence-corrected chi connectivity index (χ3v) is 4.37. The minimum atomic E-state index is 0.741. The molecule has 0 aliphatic heterocycles. The van der Waals surface area contributed by atoms with E-state index in [1.807, 2.05) is 0 Å². The van der Waals surface area contributed by atoms with Gasteiger partial charge in [-0.1, -0.05) is 27.2 Å². The van der Waals surface area contributed by atoms with E-state index in [1.165, 1.54) is 64.5 Å². The van der Waals surface area contributed by atoms with Crippen LogP contribution < -0.4 is 10.6 Å². The second kappa shape index (κ2) is 9.80. The van der Waals surface area contributed by atoms with E-state index in [2.05, 4.69) is 31.4 Å². The van der Waals surface area contributed by atoms with E-state index in [4.69, 9.17) is 0 Å². The van der Waals surface area contributed by atoms with Crippen molar-refractivity contribution in [1.82, 2.24) is 10.6 Å². The van der Waals surface area contributed by atoms with Crippen molar-refractivity contribution in [1.29, 1.82) is 0 Å². The van der Waals surface area contributed by atoms with Crippen LogP contribution in [-0.4, -0.2) is 25.2 Å². The maximum atomic E-state index is 3.73. The lowest BCUT2D eigenvalue weighted by atomic mass is 9.87. The predicted octanol–water partition coefficient (Wildman–Crippen LogP) is 3.71. The summed E-state index contributed by atoms with van der Waals surface area (Å²) in [5.41, 5.74) is 0. The van der Waals surface area contributed by atoms with Gasteiger partial charge >= 0.3 is 0 Å². The molecule has 1 fully saturated rings. The van der Waals surface area contributed by atoms with Gasteiger partial charge in [-0.25, -0.2) is 0 Å². The Labute approximate surface area is 114 Å². The zero-order chi connectivity index (χ0) is 13.2. The molecular formula is C16H34N2. The molecule has 0 amide bonds. The van der Waals surface area contributed by atoms with E-state index in [0.717, 1.165) is 18.0 Å². The molecule has 2 heteroatoms. The van der Waals surface area contributed by atoms with Crippen molar-refractivity contribution >= 4 is 0 Å². The van der Waals surface area contributed by atoms with Crippen LogP contribution in [0.25, 0.3) is 0 Å². The molecule has 1 unspecified atom stereocenters. The van der Waals surface area contributed by atoms with E-state index < -0.39 is 0 Å². The summed E-state index contributed by atoms with van der Waals surface area (Å²) in [5.74, 6) is 0.962. The van der Waals surface area contributed by atoms with Crippen LogP contribution >= 0.6 is 0 Å². The van der Waals surface area contributed by atoms with Crippen LogP contribution in [0.4, 0.5) is 0 Å². The summed E-state index contributed by atoms with van der Waals surface area (Å²) in [7, 11) is 0. The maximum absolute atomic E-state index is 3.73. The lowest BCUT2D eigenvalue weighted by Gasteiger charge is -2.27. The third-order valence-electron chi connectivity index (χ3n) is 4.37. The van der Waals surface area contributed by atoms with Gasteiger partial charge in [0.25, 0.3) is 0 Å². The monoisotopic (exact) mass is 254 g/mol. The first-order valence-corrected chi connectivity index (χ1v) is 8.23. The van der Waals surface area contributed by atoms with E-state index in [0.29, 0.717) is 0 Å². The van der Waals surface area contributed by atoms with Gasteiger partial charge < -0.3 is 10.6 Å². The maximum Gasteiger partial charge on any atom is 0.00672 e. The van der Waals surface area contributed by atoms with Gasteiger partial charge in [0.05, 0.1) is 0 Å². The molecule has 0 saturated heterocycles. The van der Waals surface area contributed by atoms with E-state index >= 15 is 0 Å². The van der Waals surface area contributed by atoms with Gasteiger partial charge in [0.1, 0.15) is 0 Å². The lowest BCUT2D eigenvalue weighted by molar-refractivity contribution is 0.306. The Balaban J connectivity index is 1.94. The highest BCUT2D eigenvalue weighted by molar-refractivity contribution is 4.75. The van der Waals surface area contributed by atoms with Gasteiger partial charge in [0.2, 0.25) is 0 Å². The van der Waals surface area contributed by atoms with Crippen molar-refractivity contribution in [3.63, 3.8) is 0 Å². The average Bonchev–Trinajstić information content (AvgIpc) is 2.39. The molecule has 2 N–H and O–H groups in total. The molecular weight excluding hydrogens is 220 g/mol. The molecule has 0 spiro atoms. The summed E-state index contributed by atoms with van der Waals surface area (Å²) < 4.78 is 0. The molecule has 0 bridgehead atoms. The SMILES string of the molecule is CCCC(CC)NCCCNC1CCC(C)CC1. The highest BCUT2D eigenvalue weighted by atomic mass is 14.9. The third kappa shape index (κ3) is 6.75. The summed E-state index contributed by atoms with van der Waals surface area (Å²) in [6.07, 6.45) is 10.8. The zero-order valence-electron chi connectivity index (χ0n) is 12.8. The first kappa shape index (κ1) is 16.0. The molecule has 1 atom stereocenters. The predicted molar refractivity (Wildman–Crippen MR) is 81.0 cm³/mol. The van der Waals surface area contributed by atoms with Gasteiger partial charge in [-0.3, -0.25) is 0 Å². The topological polar surface area (TPSA) is 24.1 Å². The Bertz CT molecular complexity index is 186. The summed E-state index contributed by atoms with van der Waals surface area (Å²) in [6, 6.07) is 1.55. The van der Waals surface area contributed by atoms with Crippen molar-refractivity contribution in [3.8, 4) is 0 Å². The summed E-state index contributed by atoms with van der Waals surface area (Å²) >= 11 is 0. The van der Waals surface area contributed by atoms with Crippen molar-refractivity contribution in [2.75, 3.05) is 13.1 Å². The molecule has 0 heterocycles. The quantitative estimate of drug-likeness (QED) is 0.613. The molecule has 18 heavy (non-hydrogen) atoms. The van der Waals surface area contributed by atoms with Crippen LogP contribution in [-0.2, 0) is 0 Å². The number of rotatable bonds is 9. The van der Waals surface area contributed by atoms with Crippen molar-refractivity contribution in [2.24, 2.45) is 5.92 Å². The zero-order valence-corrected chi connectivity index (χ0v) is 12.8. The second-order valence-corrected chi connectivity index (χ2v) is 6.11. The summed E-state index contributed by atoms with van der Waals surface area (Å²) in [4.78, 5) is 0. The van der Waals surface area contributed by atoms with Crippen molar-refractivity contribution in [3.05, 3.63) is 0 Å². The van der Waals surface area contributed by atoms with Gasteiger partial charge in [-0.05, 0) is 64.0 Å². The molecule has 1 aliphatic rings. The van der Waals surface area contributed by atoms with Crippen molar-refractivity contribution < 1.29 is 0 Å². The fourth-order valence-corrected chi connectivity index (χ4v) is 2.96. The Hall–Kier alpha value is -0.0800. The van der Waals surface area contributed by atoms with Gasteiger partial charge in [0, 0.05) is 12.1 Å². The fourth-order valence-electron chi connectivity index (χ4n) is 2.96. The van der Waals surface area contributed by atoms with E-state index in [-0.39, 0.29) is 0 Å². The second-order valence-electron chi connectivity index (χ2n) is 6.11. The first-order chi connectivity index (χ1) is 8.76. The molecule has 0 aromatic carbocycles. The smallest absolute Gasteiger partial charge is 0.00672 e. The van der Waals surface area contributed by atoms with Crippen LogP contribution in [0.3, 0.4) is 0 Å². The van der Waals surface area contributed by atoms with Gasteiger partial charge in [-0.2, -0.15) is 0 Å². The van der Waals surface area contributed by atoms with Gasteiger partial charge in [-0.15, -0.1) is 0 Å². The largest absolute Gasteiger partial charge is 0.314 e. The number of nitrogens with one attached hydrogen (secondary N) is 2. The number of hydrogen-bond donors (Lipinski definition) is 2. The molecule has 2 nitrogen and oxygen atoms in total. The Morgan fingerprint density at radius 3 is 2.39 bits per heavy atom. The van der Waals surface area contributed by atoms with Crippen LogP contribution in [0.15, 0.2) is 0 Å². The van der Waals surface area contributed by atoms with E-state index in [9.17, 15) is 0 Å². The minimum absolute atomic E-state index is 0.741.